The molecule has 6 nitrogen and oxygen atoms in total. The molecule has 1 saturated heterocycles. The average Bonchev–Trinajstić information content (AvgIpc) is 2.52. The van der Waals surface area contributed by atoms with Crippen LogP contribution in [0.4, 0.5) is 0 Å². The smallest absolute Gasteiger partial charge is 0.240 e. The van der Waals surface area contributed by atoms with Gasteiger partial charge in [-0.2, -0.15) is 0 Å². The highest BCUT2D eigenvalue weighted by Gasteiger charge is 2.26. The predicted molar refractivity (Wildman–Crippen MR) is 89.2 cm³/mol. The van der Waals surface area contributed by atoms with Crippen LogP contribution >= 0.6 is 0 Å². The Morgan fingerprint density at radius 2 is 1.83 bits per heavy atom. The Morgan fingerprint density at radius 3 is 2.35 bits per heavy atom. The molecule has 23 heavy (non-hydrogen) atoms. The van der Waals surface area contributed by atoms with Crippen molar-refractivity contribution in [3.8, 4) is 5.75 Å². The maximum absolute atomic E-state index is 12.4. The lowest BCUT2D eigenvalue weighted by atomic mass is 10.2. The van der Waals surface area contributed by atoms with Crippen LogP contribution in [-0.4, -0.2) is 58.3 Å². The van der Waals surface area contributed by atoms with E-state index in [0.717, 1.165) is 13.1 Å². The standard InChI is InChI=1S/C16H26N2O4S/c1-12(18-10-13(2)22-14(3)11-18)9-17-23(19,20)16-7-5-15(21-4)6-8-16/h5-8,12-14,17H,9-11H2,1-4H3/t12-,13-,14+/m1/s1. The van der Waals surface area contributed by atoms with E-state index in [9.17, 15) is 8.42 Å². The van der Waals surface area contributed by atoms with Crippen molar-refractivity contribution < 1.29 is 17.9 Å². The number of nitrogens with zero attached hydrogens (tertiary/aromatic N) is 1. The van der Waals surface area contributed by atoms with E-state index in [1.807, 2.05) is 20.8 Å². The molecule has 1 aromatic carbocycles. The van der Waals surface area contributed by atoms with Crippen LogP contribution in [0.2, 0.25) is 0 Å². The van der Waals surface area contributed by atoms with E-state index in [4.69, 9.17) is 9.47 Å². The normalized spacial score (nSPS) is 24.3. The molecule has 1 heterocycles. The highest BCUT2D eigenvalue weighted by molar-refractivity contribution is 7.89. The molecule has 1 aromatic rings. The molecule has 7 heteroatoms. The summed E-state index contributed by atoms with van der Waals surface area (Å²) in [6, 6.07) is 6.49. The zero-order chi connectivity index (χ0) is 17.0. The largest absolute Gasteiger partial charge is 0.497 e. The first kappa shape index (κ1) is 18.2. The van der Waals surface area contributed by atoms with Gasteiger partial charge in [-0.3, -0.25) is 4.90 Å². The monoisotopic (exact) mass is 342 g/mol. The van der Waals surface area contributed by atoms with Crippen LogP contribution in [0.5, 0.6) is 5.75 Å². The van der Waals surface area contributed by atoms with Gasteiger partial charge in [0.1, 0.15) is 5.75 Å². The molecule has 3 atom stereocenters. The minimum absolute atomic E-state index is 0.108. The molecule has 0 aliphatic carbocycles. The quantitative estimate of drug-likeness (QED) is 0.848. The minimum atomic E-state index is -3.51. The number of hydrogen-bond donors (Lipinski definition) is 1. The van der Waals surface area contributed by atoms with E-state index in [0.29, 0.717) is 12.3 Å². The summed E-state index contributed by atoms with van der Waals surface area (Å²) in [6.45, 7) is 8.11. The van der Waals surface area contributed by atoms with Crippen LogP contribution in [0.15, 0.2) is 29.2 Å². The van der Waals surface area contributed by atoms with Gasteiger partial charge in [-0.1, -0.05) is 0 Å². The van der Waals surface area contributed by atoms with Crippen molar-refractivity contribution >= 4 is 10.0 Å². The molecule has 1 aliphatic heterocycles. The third-order valence-corrected chi connectivity index (χ3v) is 5.45. The summed E-state index contributed by atoms with van der Waals surface area (Å²) in [5, 5.41) is 0. The number of hydrogen-bond acceptors (Lipinski definition) is 5. The summed E-state index contributed by atoms with van der Waals surface area (Å²) in [4.78, 5) is 2.50. The van der Waals surface area contributed by atoms with Gasteiger partial charge in [-0.25, -0.2) is 13.1 Å². The zero-order valence-corrected chi connectivity index (χ0v) is 15.0. The van der Waals surface area contributed by atoms with Gasteiger partial charge in [-0.05, 0) is 45.0 Å². The molecule has 130 valence electrons. The predicted octanol–water partition coefficient (Wildman–Crippen LogP) is 1.47. The number of nitrogens with one attached hydrogen (secondary N) is 1. The van der Waals surface area contributed by atoms with Gasteiger partial charge in [0, 0.05) is 25.7 Å². The van der Waals surface area contributed by atoms with Crippen LogP contribution < -0.4 is 9.46 Å². The third kappa shape index (κ3) is 4.91. The van der Waals surface area contributed by atoms with Crippen molar-refractivity contribution in [1.82, 2.24) is 9.62 Å². The molecule has 0 spiro atoms. The highest BCUT2D eigenvalue weighted by Crippen LogP contribution is 2.16. The number of ether oxygens (including phenoxy) is 2. The fourth-order valence-electron chi connectivity index (χ4n) is 2.78. The molecular weight excluding hydrogens is 316 g/mol. The molecule has 0 unspecified atom stereocenters. The number of sulfonamides is 1. The number of benzene rings is 1. The van der Waals surface area contributed by atoms with Crippen LogP contribution in [-0.2, 0) is 14.8 Å². The molecule has 0 amide bonds. The van der Waals surface area contributed by atoms with E-state index in [1.54, 1.807) is 31.4 Å². The summed E-state index contributed by atoms with van der Waals surface area (Å²) in [5.41, 5.74) is 0. The van der Waals surface area contributed by atoms with Crippen molar-refractivity contribution in [1.29, 1.82) is 0 Å². The van der Waals surface area contributed by atoms with E-state index in [2.05, 4.69) is 9.62 Å². The Hall–Kier alpha value is -1.15. The van der Waals surface area contributed by atoms with Crippen LogP contribution in [0, 0.1) is 0 Å². The van der Waals surface area contributed by atoms with Gasteiger partial charge in [0.05, 0.1) is 24.2 Å². The summed E-state index contributed by atoms with van der Waals surface area (Å²) < 4.78 is 38.2. The molecule has 0 bridgehead atoms. The molecule has 0 saturated carbocycles. The second kappa shape index (κ2) is 7.61. The zero-order valence-electron chi connectivity index (χ0n) is 14.2. The Bertz CT molecular complexity index is 593. The maximum Gasteiger partial charge on any atom is 0.240 e. The van der Waals surface area contributed by atoms with Gasteiger partial charge in [0.25, 0.3) is 0 Å². The topological polar surface area (TPSA) is 67.9 Å². The average molecular weight is 342 g/mol. The van der Waals surface area contributed by atoms with Crippen molar-refractivity contribution in [2.75, 3.05) is 26.7 Å². The first-order valence-electron chi connectivity index (χ1n) is 7.85. The second-order valence-electron chi connectivity index (χ2n) is 6.09. The number of rotatable bonds is 6. The van der Waals surface area contributed by atoms with Crippen molar-refractivity contribution in [3.05, 3.63) is 24.3 Å². The lowest BCUT2D eigenvalue weighted by Gasteiger charge is -2.38. The molecule has 0 aromatic heterocycles. The van der Waals surface area contributed by atoms with E-state index < -0.39 is 10.0 Å². The van der Waals surface area contributed by atoms with Crippen molar-refractivity contribution in [2.45, 2.75) is 43.9 Å². The summed E-state index contributed by atoms with van der Waals surface area (Å²) in [5.74, 6) is 0.633. The lowest BCUT2D eigenvalue weighted by molar-refractivity contribution is -0.0776. The lowest BCUT2D eigenvalue weighted by Crippen LogP contribution is -2.52. The second-order valence-corrected chi connectivity index (χ2v) is 7.85. The first-order valence-corrected chi connectivity index (χ1v) is 9.33. The molecule has 0 radical (unpaired) electrons. The molecular formula is C16H26N2O4S. The van der Waals surface area contributed by atoms with Gasteiger partial charge < -0.3 is 9.47 Å². The van der Waals surface area contributed by atoms with Crippen LogP contribution in [0.1, 0.15) is 20.8 Å². The number of morpholine rings is 1. The SMILES string of the molecule is COc1ccc(S(=O)(=O)NC[C@@H](C)N2C[C@@H](C)O[C@@H](C)C2)cc1. The summed E-state index contributed by atoms with van der Waals surface area (Å²) >= 11 is 0. The van der Waals surface area contributed by atoms with E-state index >= 15 is 0 Å². The maximum atomic E-state index is 12.4. The molecule has 2 rings (SSSR count). The fraction of sp³-hybridized carbons (Fsp3) is 0.625. The Morgan fingerprint density at radius 1 is 1.26 bits per heavy atom. The minimum Gasteiger partial charge on any atom is -0.497 e. The Balaban J connectivity index is 1.95. The Kier molecular flexibility index (Phi) is 6.02. The van der Waals surface area contributed by atoms with Crippen molar-refractivity contribution in [2.24, 2.45) is 0 Å². The summed E-state index contributed by atoms with van der Waals surface area (Å²) in [7, 11) is -1.96. The Labute approximate surface area is 138 Å². The highest BCUT2D eigenvalue weighted by atomic mass is 32.2. The summed E-state index contributed by atoms with van der Waals surface area (Å²) in [6.07, 6.45) is 0.332. The number of methoxy groups -OCH3 is 1. The van der Waals surface area contributed by atoms with Gasteiger partial charge in [-0.15, -0.1) is 0 Å². The van der Waals surface area contributed by atoms with Gasteiger partial charge in [0.15, 0.2) is 0 Å². The molecule has 1 fully saturated rings. The molecule has 1 N–H and O–H groups in total. The van der Waals surface area contributed by atoms with E-state index in [1.165, 1.54) is 0 Å². The fourth-order valence-corrected chi connectivity index (χ4v) is 3.90. The molecule has 1 aliphatic rings. The van der Waals surface area contributed by atoms with Crippen molar-refractivity contribution in [3.63, 3.8) is 0 Å². The van der Waals surface area contributed by atoms with E-state index in [-0.39, 0.29) is 23.1 Å². The third-order valence-electron chi connectivity index (χ3n) is 4.01. The van der Waals surface area contributed by atoms with Gasteiger partial charge >= 0.3 is 0 Å². The first-order chi connectivity index (χ1) is 10.8. The van der Waals surface area contributed by atoms with Crippen LogP contribution in [0.3, 0.4) is 0 Å². The van der Waals surface area contributed by atoms with Crippen LogP contribution in [0.25, 0.3) is 0 Å². The van der Waals surface area contributed by atoms with Gasteiger partial charge in [0.2, 0.25) is 10.0 Å².